The Kier molecular flexibility index (Phi) is 4.30. The average molecular weight is 399 g/mol. The molecule has 0 atom stereocenters. The first-order chi connectivity index (χ1) is 12.8. The lowest BCUT2D eigenvalue weighted by Gasteiger charge is -2.15. The van der Waals surface area contributed by atoms with Crippen LogP contribution in [-0.4, -0.2) is 19.2 Å². The fourth-order valence-electron chi connectivity index (χ4n) is 3.21. The van der Waals surface area contributed by atoms with Gasteiger partial charge in [-0.1, -0.05) is 11.6 Å². The summed E-state index contributed by atoms with van der Waals surface area (Å²) >= 11 is 5.60. The molecular weight excluding hydrogens is 385 g/mol. The highest BCUT2D eigenvalue weighted by atomic mass is 35.5. The van der Waals surface area contributed by atoms with Crippen LogP contribution in [-0.2, 0) is 19.0 Å². The third-order valence-electron chi connectivity index (χ3n) is 4.42. The van der Waals surface area contributed by atoms with Gasteiger partial charge in [0, 0.05) is 29.7 Å². The highest BCUT2D eigenvalue weighted by molar-refractivity contribution is 6.31. The third kappa shape index (κ3) is 3.37. The largest absolute Gasteiger partial charge is 0.493 e. The molecule has 2 aromatic carbocycles. The van der Waals surface area contributed by atoms with E-state index in [4.69, 9.17) is 21.1 Å². The summed E-state index contributed by atoms with van der Waals surface area (Å²) in [6, 6.07) is 4.42. The number of fused-ring (bicyclic) bond motifs is 2. The zero-order valence-electron chi connectivity index (χ0n) is 13.9. The number of carbonyl (C=O) groups excluding carboxylic acids is 1. The Balaban J connectivity index is 1.58. The van der Waals surface area contributed by atoms with Gasteiger partial charge >= 0.3 is 12.2 Å². The Bertz CT molecular complexity index is 899. The van der Waals surface area contributed by atoms with Crippen LogP contribution in [0.15, 0.2) is 24.3 Å². The van der Waals surface area contributed by atoms with Crippen molar-refractivity contribution >= 4 is 29.0 Å². The first kappa shape index (κ1) is 17.8. The Hall–Kier alpha value is -2.61. The summed E-state index contributed by atoms with van der Waals surface area (Å²) in [5.41, 5.74) is 1.21. The topological polar surface area (TPSA) is 59.6 Å². The lowest BCUT2D eigenvalue weighted by Crippen LogP contribution is -2.21. The number of amides is 2. The number of hydrogen-bond donors (Lipinski definition) is 2. The van der Waals surface area contributed by atoms with Crippen LogP contribution in [0.1, 0.15) is 16.7 Å². The van der Waals surface area contributed by atoms with Crippen molar-refractivity contribution in [3.05, 3.63) is 46.0 Å². The van der Waals surface area contributed by atoms with Crippen LogP contribution in [0.4, 0.5) is 29.3 Å². The molecule has 2 N–H and O–H groups in total. The van der Waals surface area contributed by atoms with Crippen molar-refractivity contribution < 1.29 is 27.4 Å². The van der Waals surface area contributed by atoms with Gasteiger partial charge in [-0.25, -0.2) is 4.79 Å². The van der Waals surface area contributed by atoms with E-state index in [1.54, 1.807) is 0 Å². The Morgan fingerprint density at radius 2 is 1.85 bits per heavy atom. The van der Waals surface area contributed by atoms with Gasteiger partial charge in [-0.15, -0.1) is 0 Å². The molecule has 27 heavy (non-hydrogen) atoms. The van der Waals surface area contributed by atoms with Gasteiger partial charge in [-0.3, -0.25) is 0 Å². The van der Waals surface area contributed by atoms with E-state index >= 15 is 0 Å². The molecule has 0 spiro atoms. The van der Waals surface area contributed by atoms with Gasteiger partial charge in [0.15, 0.2) is 0 Å². The number of anilines is 2. The van der Waals surface area contributed by atoms with Gasteiger partial charge in [0.2, 0.25) is 0 Å². The zero-order chi connectivity index (χ0) is 19.2. The Morgan fingerprint density at radius 1 is 1.07 bits per heavy atom. The summed E-state index contributed by atoms with van der Waals surface area (Å²) in [7, 11) is 0. The van der Waals surface area contributed by atoms with Gasteiger partial charge in [-0.05, 0) is 24.3 Å². The molecule has 0 bridgehead atoms. The maximum Gasteiger partial charge on any atom is 0.417 e. The molecule has 9 heteroatoms. The lowest BCUT2D eigenvalue weighted by molar-refractivity contribution is -0.137. The zero-order valence-corrected chi connectivity index (χ0v) is 14.6. The molecule has 0 fully saturated rings. The SMILES string of the molecule is O=C(Nc1ccc(Cl)c(C(F)(F)F)c1)Nc1c2c(cc3c1OCC3)OCC2. The van der Waals surface area contributed by atoms with Crippen LogP contribution < -0.4 is 20.1 Å². The highest BCUT2D eigenvalue weighted by Gasteiger charge is 2.33. The van der Waals surface area contributed by atoms with E-state index in [9.17, 15) is 18.0 Å². The number of hydrogen-bond acceptors (Lipinski definition) is 3. The smallest absolute Gasteiger partial charge is 0.417 e. The summed E-state index contributed by atoms with van der Waals surface area (Å²) < 4.78 is 50.1. The number of benzene rings is 2. The van der Waals surface area contributed by atoms with Crippen molar-refractivity contribution in [2.75, 3.05) is 23.8 Å². The molecular formula is C18H14ClF3N2O3. The van der Waals surface area contributed by atoms with Crippen LogP contribution in [0, 0.1) is 0 Å². The van der Waals surface area contributed by atoms with Crippen molar-refractivity contribution in [1.82, 2.24) is 0 Å². The van der Waals surface area contributed by atoms with Crippen LogP contribution in [0.3, 0.4) is 0 Å². The number of alkyl halides is 3. The van der Waals surface area contributed by atoms with E-state index in [-0.39, 0.29) is 5.69 Å². The lowest BCUT2D eigenvalue weighted by atomic mass is 10.0. The van der Waals surface area contributed by atoms with E-state index in [0.717, 1.165) is 23.3 Å². The Labute approximate surface area is 157 Å². The fraction of sp³-hybridized carbons (Fsp3) is 0.278. The Morgan fingerprint density at radius 3 is 2.63 bits per heavy atom. The van der Waals surface area contributed by atoms with Crippen molar-refractivity contribution in [2.24, 2.45) is 0 Å². The molecule has 2 aromatic rings. The summed E-state index contributed by atoms with van der Waals surface area (Å²) in [6.07, 6.45) is -3.30. The third-order valence-corrected chi connectivity index (χ3v) is 4.75. The van der Waals surface area contributed by atoms with Crippen LogP contribution in [0.5, 0.6) is 11.5 Å². The second-order valence-electron chi connectivity index (χ2n) is 6.18. The number of urea groups is 1. The second-order valence-corrected chi connectivity index (χ2v) is 6.59. The van der Waals surface area contributed by atoms with Gasteiger partial charge in [-0.2, -0.15) is 13.2 Å². The number of carbonyl (C=O) groups is 1. The van der Waals surface area contributed by atoms with Gasteiger partial charge in [0.1, 0.15) is 11.5 Å². The van der Waals surface area contributed by atoms with E-state index < -0.39 is 22.8 Å². The van der Waals surface area contributed by atoms with Crippen molar-refractivity contribution in [1.29, 1.82) is 0 Å². The maximum absolute atomic E-state index is 13.0. The summed E-state index contributed by atoms with van der Waals surface area (Å²) in [6.45, 7) is 1.00. The number of nitrogens with one attached hydrogen (secondary N) is 2. The molecule has 0 radical (unpaired) electrons. The summed E-state index contributed by atoms with van der Waals surface area (Å²) in [4.78, 5) is 12.4. The van der Waals surface area contributed by atoms with Crippen LogP contribution in [0.25, 0.3) is 0 Å². The standard InChI is InChI=1S/C18H14ClF3N2O3/c19-13-2-1-10(8-12(13)18(20,21)22)23-17(25)24-15-11-4-6-26-14(11)7-9-3-5-27-16(9)15/h1-2,7-8H,3-6H2,(H2,23,24,25). The fourth-order valence-corrected chi connectivity index (χ4v) is 3.44. The minimum Gasteiger partial charge on any atom is -0.493 e. The first-order valence-corrected chi connectivity index (χ1v) is 8.60. The minimum absolute atomic E-state index is 0.0226. The number of halogens is 4. The molecule has 2 heterocycles. The molecule has 2 aliphatic rings. The van der Waals surface area contributed by atoms with E-state index in [0.29, 0.717) is 43.2 Å². The van der Waals surface area contributed by atoms with Crippen molar-refractivity contribution in [3.8, 4) is 11.5 Å². The number of ether oxygens (including phenoxy) is 2. The predicted octanol–water partition coefficient (Wildman–Crippen LogP) is 4.87. The van der Waals surface area contributed by atoms with Gasteiger partial charge in [0.05, 0.1) is 29.5 Å². The quantitative estimate of drug-likeness (QED) is 0.758. The molecule has 0 aliphatic carbocycles. The van der Waals surface area contributed by atoms with Crippen LogP contribution >= 0.6 is 11.6 Å². The van der Waals surface area contributed by atoms with E-state index in [2.05, 4.69) is 10.6 Å². The molecule has 2 amide bonds. The monoisotopic (exact) mass is 398 g/mol. The maximum atomic E-state index is 13.0. The first-order valence-electron chi connectivity index (χ1n) is 8.22. The van der Waals surface area contributed by atoms with Crippen LogP contribution in [0.2, 0.25) is 5.02 Å². The highest BCUT2D eigenvalue weighted by Crippen LogP contribution is 2.44. The van der Waals surface area contributed by atoms with Crippen molar-refractivity contribution in [3.63, 3.8) is 0 Å². The normalized spacial score (nSPS) is 14.8. The molecule has 0 saturated carbocycles. The van der Waals surface area contributed by atoms with E-state index in [1.165, 1.54) is 6.07 Å². The molecule has 0 saturated heterocycles. The number of rotatable bonds is 2. The molecule has 0 aromatic heterocycles. The molecule has 5 nitrogen and oxygen atoms in total. The van der Waals surface area contributed by atoms with E-state index in [1.807, 2.05) is 6.07 Å². The second kappa shape index (κ2) is 6.53. The van der Waals surface area contributed by atoms with Gasteiger partial charge < -0.3 is 20.1 Å². The minimum atomic E-state index is -4.61. The molecule has 4 rings (SSSR count). The molecule has 0 unspecified atom stereocenters. The molecule has 142 valence electrons. The summed E-state index contributed by atoms with van der Waals surface area (Å²) in [5, 5.41) is 4.67. The molecule has 2 aliphatic heterocycles. The summed E-state index contributed by atoms with van der Waals surface area (Å²) in [5.74, 6) is 1.28. The van der Waals surface area contributed by atoms with Gasteiger partial charge in [0.25, 0.3) is 0 Å². The average Bonchev–Trinajstić information content (AvgIpc) is 3.24. The predicted molar refractivity (Wildman–Crippen MR) is 93.9 cm³/mol. The van der Waals surface area contributed by atoms with Crippen molar-refractivity contribution in [2.45, 2.75) is 19.0 Å².